The molecule has 23 heavy (non-hydrogen) atoms. The summed E-state index contributed by atoms with van der Waals surface area (Å²) >= 11 is 0. The van der Waals surface area contributed by atoms with Crippen molar-refractivity contribution in [2.24, 2.45) is 5.92 Å². The van der Waals surface area contributed by atoms with Crippen molar-refractivity contribution in [3.63, 3.8) is 0 Å². The number of carbonyl (C=O) groups is 1. The van der Waals surface area contributed by atoms with Crippen LogP contribution in [-0.2, 0) is 0 Å². The minimum absolute atomic E-state index is 0.174. The lowest BCUT2D eigenvalue weighted by atomic mass is 10.2. The number of aromatic nitrogens is 2. The number of fused-ring (bicyclic) bond motifs is 1. The number of anilines is 1. The van der Waals surface area contributed by atoms with E-state index in [0.717, 1.165) is 11.5 Å². The van der Waals surface area contributed by atoms with Crippen LogP contribution in [0.5, 0.6) is 11.5 Å². The first-order valence-electron chi connectivity index (χ1n) is 7.89. The van der Waals surface area contributed by atoms with Crippen LogP contribution in [-0.4, -0.2) is 22.5 Å². The molecule has 1 aromatic heterocycles. The van der Waals surface area contributed by atoms with Gasteiger partial charge >= 0.3 is 0 Å². The van der Waals surface area contributed by atoms with Gasteiger partial charge in [-0.2, -0.15) is 5.10 Å². The molecule has 1 aliphatic heterocycles. The highest BCUT2D eigenvalue weighted by atomic mass is 16.7. The van der Waals surface area contributed by atoms with E-state index >= 15 is 0 Å². The highest BCUT2D eigenvalue weighted by Gasteiger charge is 2.31. The molecule has 4 rings (SSSR count). The van der Waals surface area contributed by atoms with Gasteiger partial charge in [-0.3, -0.25) is 4.79 Å². The lowest BCUT2D eigenvalue weighted by Gasteiger charge is -2.15. The molecule has 0 radical (unpaired) electrons. The zero-order valence-corrected chi connectivity index (χ0v) is 13.2. The first-order chi connectivity index (χ1) is 11.1. The largest absolute Gasteiger partial charge is 0.454 e. The molecule has 0 saturated heterocycles. The van der Waals surface area contributed by atoms with Crippen molar-refractivity contribution in [3.05, 3.63) is 35.5 Å². The summed E-state index contributed by atoms with van der Waals surface area (Å²) in [6, 6.07) is 7.41. The topological polar surface area (TPSA) is 65.4 Å². The lowest BCUT2D eigenvalue weighted by molar-refractivity contribution is 0.102. The highest BCUT2D eigenvalue weighted by Crippen LogP contribution is 2.40. The third kappa shape index (κ3) is 2.65. The summed E-state index contributed by atoms with van der Waals surface area (Å²) < 4.78 is 12.5. The second kappa shape index (κ2) is 5.30. The van der Waals surface area contributed by atoms with Crippen LogP contribution in [0.15, 0.2) is 24.3 Å². The fourth-order valence-electron chi connectivity index (χ4n) is 2.93. The molecule has 2 aromatic rings. The number of hydrogen-bond acceptors (Lipinski definition) is 4. The van der Waals surface area contributed by atoms with Crippen molar-refractivity contribution < 1.29 is 14.3 Å². The van der Waals surface area contributed by atoms with Gasteiger partial charge in [0.1, 0.15) is 5.82 Å². The van der Waals surface area contributed by atoms with Crippen LogP contribution in [0.2, 0.25) is 0 Å². The van der Waals surface area contributed by atoms with Crippen molar-refractivity contribution in [2.45, 2.75) is 32.7 Å². The van der Waals surface area contributed by atoms with E-state index in [1.165, 1.54) is 12.8 Å². The molecule has 6 heteroatoms. The van der Waals surface area contributed by atoms with Gasteiger partial charge in [-0.05, 0) is 50.8 Å². The van der Waals surface area contributed by atoms with E-state index in [1.54, 1.807) is 18.2 Å². The quantitative estimate of drug-likeness (QED) is 0.941. The molecule has 0 bridgehead atoms. The van der Waals surface area contributed by atoms with Gasteiger partial charge in [0.05, 0.1) is 11.7 Å². The van der Waals surface area contributed by atoms with Crippen molar-refractivity contribution in [1.29, 1.82) is 0 Å². The van der Waals surface area contributed by atoms with E-state index in [-0.39, 0.29) is 12.7 Å². The van der Waals surface area contributed by atoms with Crippen molar-refractivity contribution in [3.8, 4) is 11.5 Å². The SMILES string of the molecule is Cc1cc(NC(=O)c2ccc3c(c2)OCO3)n(C(C)C2CC2)n1. The normalized spacial score (nSPS) is 17.1. The van der Waals surface area contributed by atoms with Crippen molar-refractivity contribution in [1.82, 2.24) is 9.78 Å². The fraction of sp³-hybridized carbons (Fsp3) is 0.412. The number of hydrogen-bond donors (Lipinski definition) is 1. The second-order valence-electron chi connectivity index (χ2n) is 6.22. The summed E-state index contributed by atoms with van der Waals surface area (Å²) in [6.45, 7) is 4.29. The zero-order valence-electron chi connectivity index (χ0n) is 13.2. The maximum atomic E-state index is 12.5. The fourth-order valence-corrected chi connectivity index (χ4v) is 2.93. The van der Waals surface area contributed by atoms with Crippen LogP contribution in [0.1, 0.15) is 41.9 Å². The molecular formula is C17H19N3O3. The molecule has 1 fully saturated rings. The number of nitrogens with one attached hydrogen (secondary N) is 1. The van der Waals surface area contributed by atoms with Crippen LogP contribution in [0.4, 0.5) is 5.82 Å². The predicted octanol–water partition coefficient (Wildman–Crippen LogP) is 3.14. The van der Waals surface area contributed by atoms with E-state index in [2.05, 4.69) is 17.3 Å². The minimum atomic E-state index is -0.174. The number of ether oxygens (including phenoxy) is 2. The molecule has 1 saturated carbocycles. The third-order valence-electron chi connectivity index (χ3n) is 4.42. The van der Waals surface area contributed by atoms with Gasteiger partial charge in [0, 0.05) is 11.6 Å². The summed E-state index contributed by atoms with van der Waals surface area (Å²) in [5, 5.41) is 7.50. The first kappa shape index (κ1) is 14.1. The maximum Gasteiger partial charge on any atom is 0.256 e. The third-order valence-corrected chi connectivity index (χ3v) is 4.42. The molecule has 1 amide bonds. The Balaban J connectivity index is 1.57. The number of rotatable bonds is 4. The Morgan fingerprint density at radius 3 is 2.87 bits per heavy atom. The molecule has 6 nitrogen and oxygen atoms in total. The highest BCUT2D eigenvalue weighted by molar-refractivity contribution is 6.04. The molecule has 2 aliphatic rings. The molecular weight excluding hydrogens is 294 g/mol. The van der Waals surface area contributed by atoms with Gasteiger partial charge in [-0.1, -0.05) is 0 Å². The summed E-state index contributed by atoms with van der Waals surface area (Å²) in [4.78, 5) is 12.5. The predicted molar refractivity (Wildman–Crippen MR) is 84.9 cm³/mol. The summed E-state index contributed by atoms with van der Waals surface area (Å²) in [6.07, 6.45) is 2.46. The average molecular weight is 313 g/mol. The summed E-state index contributed by atoms with van der Waals surface area (Å²) in [5.41, 5.74) is 1.44. The molecule has 120 valence electrons. The van der Waals surface area contributed by atoms with Gasteiger partial charge in [0.2, 0.25) is 6.79 Å². The summed E-state index contributed by atoms with van der Waals surface area (Å²) in [5.74, 6) is 2.51. The maximum absolute atomic E-state index is 12.5. The molecule has 0 spiro atoms. The number of aryl methyl sites for hydroxylation is 1. The monoisotopic (exact) mass is 313 g/mol. The van der Waals surface area contributed by atoms with Gasteiger partial charge < -0.3 is 14.8 Å². The van der Waals surface area contributed by atoms with E-state index in [1.807, 2.05) is 17.7 Å². The first-order valence-corrected chi connectivity index (χ1v) is 7.89. The van der Waals surface area contributed by atoms with Crippen LogP contribution in [0.25, 0.3) is 0 Å². The molecule has 1 unspecified atom stereocenters. The second-order valence-corrected chi connectivity index (χ2v) is 6.22. The van der Waals surface area contributed by atoms with Crippen LogP contribution < -0.4 is 14.8 Å². The Morgan fingerprint density at radius 2 is 2.09 bits per heavy atom. The van der Waals surface area contributed by atoms with Gasteiger partial charge in [-0.25, -0.2) is 4.68 Å². The molecule has 2 heterocycles. The Bertz CT molecular complexity index is 764. The van der Waals surface area contributed by atoms with Crippen molar-refractivity contribution >= 4 is 11.7 Å². The smallest absolute Gasteiger partial charge is 0.256 e. The molecule has 1 aliphatic carbocycles. The van der Waals surface area contributed by atoms with Crippen LogP contribution in [0, 0.1) is 12.8 Å². The molecule has 1 aromatic carbocycles. The Morgan fingerprint density at radius 1 is 1.30 bits per heavy atom. The Kier molecular flexibility index (Phi) is 3.25. The van der Waals surface area contributed by atoms with Crippen LogP contribution in [0.3, 0.4) is 0 Å². The van der Waals surface area contributed by atoms with E-state index < -0.39 is 0 Å². The zero-order chi connectivity index (χ0) is 16.0. The lowest BCUT2D eigenvalue weighted by Crippen LogP contribution is -2.18. The summed E-state index contributed by atoms with van der Waals surface area (Å²) in [7, 11) is 0. The molecule has 1 N–H and O–H groups in total. The van der Waals surface area contributed by atoms with Gasteiger partial charge in [0.15, 0.2) is 11.5 Å². The van der Waals surface area contributed by atoms with E-state index in [4.69, 9.17) is 9.47 Å². The standard InChI is InChI=1S/C17H19N3O3/c1-10-7-16(20(19-10)11(2)12-3-4-12)18-17(21)13-5-6-14-15(8-13)23-9-22-14/h5-8,11-12H,3-4,9H2,1-2H3,(H,18,21). The number of amides is 1. The van der Waals surface area contributed by atoms with Crippen LogP contribution >= 0.6 is 0 Å². The number of benzene rings is 1. The average Bonchev–Trinajstić information content (AvgIpc) is 3.17. The number of carbonyl (C=O) groups excluding carboxylic acids is 1. The molecule has 1 atom stereocenters. The Hall–Kier alpha value is -2.50. The minimum Gasteiger partial charge on any atom is -0.454 e. The van der Waals surface area contributed by atoms with Gasteiger partial charge in [0.25, 0.3) is 5.91 Å². The van der Waals surface area contributed by atoms with Crippen molar-refractivity contribution in [2.75, 3.05) is 12.1 Å². The number of nitrogens with zero attached hydrogens (tertiary/aromatic N) is 2. The Labute approximate surface area is 134 Å². The van der Waals surface area contributed by atoms with E-state index in [9.17, 15) is 4.79 Å². The van der Waals surface area contributed by atoms with E-state index in [0.29, 0.717) is 29.0 Å². The van der Waals surface area contributed by atoms with Gasteiger partial charge in [-0.15, -0.1) is 0 Å².